The minimum Gasteiger partial charge on any atom is -0.256 e. The molecule has 0 atom stereocenters. The van der Waals surface area contributed by atoms with Crippen LogP contribution in [0.25, 0.3) is 21.7 Å². The van der Waals surface area contributed by atoms with E-state index >= 15 is 0 Å². The molecule has 21 heavy (non-hydrogen) atoms. The Hall–Kier alpha value is -2.15. The molecule has 0 amide bonds. The minimum atomic E-state index is -5.41. The first kappa shape index (κ1) is 13.8. The topological polar surface area (TPSA) is 47.0 Å². The molecule has 2 aromatic carbocycles. The van der Waals surface area contributed by atoms with Crippen molar-refractivity contribution < 1.29 is 21.6 Å². The zero-order valence-corrected chi connectivity index (χ0v) is 11.2. The maximum Gasteiger partial charge on any atom is 0.501 e. The number of nitrogens with zero attached hydrogens (tertiary/aromatic N) is 1. The molecule has 3 aromatic rings. The van der Waals surface area contributed by atoms with Crippen molar-refractivity contribution in [2.24, 2.45) is 0 Å². The van der Waals surface area contributed by atoms with Crippen molar-refractivity contribution in [2.75, 3.05) is 0 Å². The summed E-state index contributed by atoms with van der Waals surface area (Å²) in [5.74, 6) is 0. The summed E-state index contributed by atoms with van der Waals surface area (Å²) in [4.78, 5) is 3.18. The second kappa shape index (κ2) is 4.42. The molecule has 3 nitrogen and oxygen atoms in total. The molecule has 0 saturated carbocycles. The van der Waals surface area contributed by atoms with Gasteiger partial charge in [-0.15, -0.1) is 0 Å². The average molecular weight is 311 g/mol. The maximum absolute atomic E-state index is 12.8. The molecule has 0 radical (unpaired) electrons. The van der Waals surface area contributed by atoms with Gasteiger partial charge >= 0.3 is 5.51 Å². The Balaban J connectivity index is 2.42. The van der Waals surface area contributed by atoms with Gasteiger partial charge in [-0.05, 0) is 29.0 Å². The predicted octanol–water partition coefficient (Wildman–Crippen LogP) is 3.68. The van der Waals surface area contributed by atoms with Crippen LogP contribution in [0.5, 0.6) is 0 Å². The van der Waals surface area contributed by atoms with Crippen molar-refractivity contribution in [3.63, 3.8) is 0 Å². The molecule has 3 rings (SSSR count). The third kappa shape index (κ3) is 2.13. The number of pyridine rings is 1. The smallest absolute Gasteiger partial charge is 0.256 e. The van der Waals surface area contributed by atoms with Crippen molar-refractivity contribution in [1.29, 1.82) is 0 Å². The fourth-order valence-electron chi connectivity index (χ4n) is 2.17. The molecule has 0 N–H and O–H groups in total. The number of benzene rings is 2. The zero-order chi connectivity index (χ0) is 15.3. The molecule has 1 heterocycles. The Kier molecular flexibility index (Phi) is 2.91. The second-order valence-corrected chi connectivity index (χ2v) is 6.38. The summed E-state index contributed by atoms with van der Waals surface area (Å²) in [6, 6.07) is 10.8. The van der Waals surface area contributed by atoms with E-state index in [-0.39, 0.29) is 10.9 Å². The van der Waals surface area contributed by atoms with Crippen molar-refractivity contribution in [3.8, 4) is 0 Å². The van der Waals surface area contributed by atoms with E-state index in [4.69, 9.17) is 0 Å². The lowest BCUT2D eigenvalue weighted by atomic mass is 10.1. The lowest BCUT2D eigenvalue weighted by Gasteiger charge is -2.11. The fraction of sp³-hybridized carbons (Fsp3) is 0.0714. The van der Waals surface area contributed by atoms with Crippen molar-refractivity contribution >= 4 is 31.5 Å². The molecule has 7 heteroatoms. The molecule has 0 bridgehead atoms. The number of alkyl halides is 3. The maximum atomic E-state index is 12.8. The van der Waals surface area contributed by atoms with Crippen LogP contribution in [-0.4, -0.2) is 18.9 Å². The van der Waals surface area contributed by atoms with Gasteiger partial charge in [0.15, 0.2) is 0 Å². The summed E-state index contributed by atoms with van der Waals surface area (Å²) in [6.45, 7) is 0. The molecule has 1 aromatic heterocycles. The molecular weight excluding hydrogens is 303 g/mol. The Morgan fingerprint density at radius 3 is 2.19 bits per heavy atom. The van der Waals surface area contributed by atoms with E-state index in [1.165, 1.54) is 6.07 Å². The minimum absolute atomic E-state index is 0.0338. The first-order chi connectivity index (χ1) is 9.80. The summed E-state index contributed by atoms with van der Waals surface area (Å²) in [7, 11) is -5.41. The van der Waals surface area contributed by atoms with Crippen molar-refractivity contribution in [1.82, 2.24) is 4.98 Å². The van der Waals surface area contributed by atoms with Crippen LogP contribution < -0.4 is 0 Å². The SMILES string of the molecule is O=S(=O)(c1ccnc2cc3ccccc3cc12)C(F)(F)F. The summed E-state index contributed by atoms with van der Waals surface area (Å²) in [5, 5.41) is 1.39. The van der Waals surface area contributed by atoms with E-state index in [1.807, 2.05) is 0 Å². The van der Waals surface area contributed by atoms with E-state index < -0.39 is 20.2 Å². The third-order valence-electron chi connectivity index (χ3n) is 3.16. The van der Waals surface area contributed by atoms with Crippen LogP contribution in [0.15, 0.2) is 53.6 Å². The number of halogens is 3. The van der Waals surface area contributed by atoms with E-state index in [0.717, 1.165) is 17.6 Å². The summed E-state index contributed by atoms with van der Waals surface area (Å²) >= 11 is 0. The van der Waals surface area contributed by atoms with Gasteiger partial charge < -0.3 is 0 Å². The molecule has 0 aliphatic carbocycles. The lowest BCUT2D eigenvalue weighted by Crippen LogP contribution is -2.23. The van der Waals surface area contributed by atoms with Gasteiger partial charge in [0.2, 0.25) is 0 Å². The van der Waals surface area contributed by atoms with Crippen LogP contribution in [0.4, 0.5) is 13.2 Å². The van der Waals surface area contributed by atoms with Gasteiger partial charge in [0.25, 0.3) is 9.84 Å². The van der Waals surface area contributed by atoms with Crippen molar-refractivity contribution in [3.05, 3.63) is 48.7 Å². The highest BCUT2D eigenvalue weighted by atomic mass is 32.2. The van der Waals surface area contributed by atoms with Crippen molar-refractivity contribution in [2.45, 2.75) is 10.4 Å². The Morgan fingerprint density at radius 2 is 1.57 bits per heavy atom. The Morgan fingerprint density at radius 1 is 0.952 bits per heavy atom. The normalized spacial score (nSPS) is 12.9. The van der Waals surface area contributed by atoms with Gasteiger partial charge in [0, 0.05) is 11.6 Å². The van der Waals surface area contributed by atoms with Crippen LogP contribution in [0.2, 0.25) is 0 Å². The summed E-state index contributed by atoms with van der Waals surface area (Å²) in [6.07, 6.45) is 1.07. The molecule has 0 unspecified atom stereocenters. The van der Waals surface area contributed by atoms with E-state index in [0.29, 0.717) is 5.39 Å². The van der Waals surface area contributed by atoms with E-state index in [1.54, 1.807) is 30.3 Å². The van der Waals surface area contributed by atoms with Crippen LogP contribution in [-0.2, 0) is 9.84 Å². The van der Waals surface area contributed by atoms with Gasteiger partial charge in [0.1, 0.15) is 0 Å². The standard InChI is InChI=1S/C14H8F3NO2S/c15-14(16,17)21(19,20)13-5-6-18-12-8-10-4-2-1-3-9(10)7-11(12)13/h1-8H. The van der Waals surface area contributed by atoms with E-state index in [9.17, 15) is 21.6 Å². The molecule has 0 fully saturated rings. The number of sulfone groups is 1. The molecular formula is C14H8F3NO2S. The highest BCUT2D eigenvalue weighted by Crippen LogP contribution is 2.34. The number of hydrogen-bond donors (Lipinski definition) is 0. The highest BCUT2D eigenvalue weighted by Gasteiger charge is 2.47. The highest BCUT2D eigenvalue weighted by molar-refractivity contribution is 7.92. The lowest BCUT2D eigenvalue weighted by molar-refractivity contribution is -0.0435. The monoisotopic (exact) mass is 311 g/mol. The fourth-order valence-corrected chi connectivity index (χ4v) is 3.11. The third-order valence-corrected chi connectivity index (χ3v) is 4.71. The number of hydrogen-bond acceptors (Lipinski definition) is 3. The first-order valence-corrected chi connectivity index (χ1v) is 7.38. The first-order valence-electron chi connectivity index (χ1n) is 5.89. The predicted molar refractivity (Wildman–Crippen MR) is 72.5 cm³/mol. The van der Waals surface area contributed by atoms with Gasteiger partial charge in [-0.2, -0.15) is 13.2 Å². The van der Waals surface area contributed by atoms with E-state index in [2.05, 4.69) is 4.98 Å². The van der Waals surface area contributed by atoms with Gasteiger partial charge in [-0.1, -0.05) is 24.3 Å². The van der Waals surface area contributed by atoms with Crippen LogP contribution in [0.3, 0.4) is 0 Å². The van der Waals surface area contributed by atoms with Crippen LogP contribution in [0, 0.1) is 0 Å². The zero-order valence-electron chi connectivity index (χ0n) is 10.4. The number of rotatable bonds is 1. The summed E-state index contributed by atoms with van der Waals surface area (Å²) < 4.78 is 61.6. The quantitative estimate of drug-likeness (QED) is 0.644. The molecule has 0 aliphatic heterocycles. The Labute approximate surface area is 118 Å². The van der Waals surface area contributed by atoms with Crippen LogP contribution in [0.1, 0.15) is 0 Å². The largest absolute Gasteiger partial charge is 0.501 e. The molecule has 108 valence electrons. The molecule has 0 aliphatic rings. The average Bonchev–Trinajstić information content (AvgIpc) is 2.43. The number of fused-ring (bicyclic) bond motifs is 2. The second-order valence-electron chi connectivity index (χ2n) is 4.47. The van der Waals surface area contributed by atoms with Gasteiger partial charge in [-0.25, -0.2) is 8.42 Å². The molecule has 0 saturated heterocycles. The summed E-state index contributed by atoms with van der Waals surface area (Å²) in [5.41, 5.74) is -5.13. The Bertz CT molecular complexity index is 949. The van der Waals surface area contributed by atoms with Gasteiger partial charge in [-0.3, -0.25) is 4.98 Å². The van der Waals surface area contributed by atoms with Crippen LogP contribution >= 0.6 is 0 Å². The molecule has 0 spiro atoms. The number of aromatic nitrogens is 1. The van der Waals surface area contributed by atoms with Gasteiger partial charge in [0.05, 0.1) is 10.4 Å².